The molecule has 8 aromatic rings. The highest BCUT2D eigenvalue weighted by Gasteiger charge is 2.72. The number of aryl methyl sites for hydroxylation is 2. The minimum absolute atomic E-state index is 0.0541. The number of rotatable bonds is 8. The highest BCUT2D eigenvalue weighted by molar-refractivity contribution is 5.98. The van der Waals surface area contributed by atoms with Gasteiger partial charge in [-0.25, -0.2) is 0 Å². The SMILES string of the molecule is CC(=O)C1[C@@H](C)C2(c3cc(-c4ccccc4)c(-c4ccccc4)cc3-c3cc(-c4ccccc4)c(-c4ccccc4)cc32)[C@@]2(CCc3ccc(C)cc3)c3ccccc3CCN12. The third kappa shape index (κ3) is 5.70. The maximum atomic E-state index is 14.7. The maximum Gasteiger partial charge on any atom is 0.147 e. The Morgan fingerprint density at radius 2 is 0.968 bits per heavy atom. The van der Waals surface area contributed by atoms with Crippen LogP contribution in [-0.2, 0) is 28.6 Å². The van der Waals surface area contributed by atoms with Gasteiger partial charge in [-0.3, -0.25) is 9.69 Å². The lowest BCUT2D eigenvalue weighted by Crippen LogP contribution is -2.58. The van der Waals surface area contributed by atoms with E-state index in [0.29, 0.717) is 0 Å². The fourth-order valence-electron chi connectivity index (χ4n) is 12.4. The number of carbonyl (C=O) groups excluding carboxylic acids is 1. The molecular weight excluding hydrogens is 751 g/mol. The summed E-state index contributed by atoms with van der Waals surface area (Å²) in [4.78, 5) is 17.4. The van der Waals surface area contributed by atoms with Gasteiger partial charge in [0, 0.05) is 12.0 Å². The molecule has 2 nitrogen and oxygen atoms in total. The third-order valence-corrected chi connectivity index (χ3v) is 14.8. The first-order chi connectivity index (χ1) is 30.4. The second-order valence-electron chi connectivity index (χ2n) is 17.9. The summed E-state index contributed by atoms with van der Waals surface area (Å²) in [5, 5.41) is 0. The first-order valence-electron chi connectivity index (χ1n) is 22.4. The average molecular weight is 802 g/mol. The molecule has 0 radical (unpaired) electrons. The molecule has 1 unspecified atom stereocenters. The van der Waals surface area contributed by atoms with Crippen molar-refractivity contribution in [2.45, 2.75) is 57.0 Å². The normalized spacial score (nSPS) is 19.4. The highest BCUT2D eigenvalue weighted by Crippen LogP contribution is 2.71. The Bertz CT molecular complexity index is 2820. The lowest BCUT2D eigenvalue weighted by Gasteiger charge is -2.54. The van der Waals surface area contributed by atoms with Crippen LogP contribution in [0.3, 0.4) is 0 Å². The fraction of sp³-hybridized carbons (Fsp3) is 0.183. The van der Waals surface area contributed by atoms with Crippen molar-refractivity contribution in [2.75, 3.05) is 6.54 Å². The largest absolute Gasteiger partial charge is 0.298 e. The average Bonchev–Trinajstić information content (AvgIpc) is 3.74. The van der Waals surface area contributed by atoms with Crippen LogP contribution in [0.15, 0.2) is 194 Å². The molecular formula is C60H51NO. The third-order valence-electron chi connectivity index (χ3n) is 14.8. The molecule has 1 aliphatic carbocycles. The monoisotopic (exact) mass is 801 g/mol. The first-order valence-corrected chi connectivity index (χ1v) is 22.4. The van der Waals surface area contributed by atoms with E-state index in [2.05, 4.69) is 213 Å². The van der Waals surface area contributed by atoms with Crippen LogP contribution in [0.4, 0.5) is 0 Å². The fourth-order valence-corrected chi connectivity index (χ4v) is 12.4. The van der Waals surface area contributed by atoms with Gasteiger partial charge in [0.15, 0.2) is 0 Å². The lowest BCUT2D eigenvalue weighted by atomic mass is 9.54. The summed E-state index contributed by atoms with van der Waals surface area (Å²) in [5.74, 6) is 0.193. The van der Waals surface area contributed by atoms with Crippen molar-refractivity contribution in [1.29, 1.82) is 0 Å². The molecule has 62 heavy (non-hydrogen) atoms. The predicted molar refractivity (Wildman–Crippen MR) is 256 cm³/mol. The van der Waals surface area contributed by atoms with E-state index in [1.165, 1.54) is 89.0 Å². The Morgan fingerprint density at radius 1 is 0.532 bits per heavy atom. The summed E-state index contributed by atoms with van der Waals surface area (Å²) in [6.45, 7) is 7.26. The Kier molecular flexibility index (Phi) is 9.32. The van der Waals surface area contributed by atoms with Gasteiger partial charge in [0.05, 0.1) is 11.6 Å². The zero-order valence-electron chi connectivity index (χ0n) is 35.8. The number of hydrogen-bond donors (Lipinski definition) is 0. The van der Waals surface area contributed by atoms with Gasteiger partial charge in [-0.1, -0.05) is 182 Å². The number of benzene rings is 8. The van der Waals surface area contributed by atoms with Crippen LogP contribution < -0.4 is 0 Å². The number of ketones is 1. The van der Waals surface area contributed by atoms with Gasteiger partial charge in [0.25, 0.3) is 0 Å². The van der Waals surface area contributed by atoms with Crippen molar-refractivity contribution in [3.8, 4) is 55.6 Å². The quantitative estimate of drug-likeness (QED) is 0.153. The Hall–Kier alpha value is -6.61. The van der Waals surface area contributed by atoms with Crippen molar-refractivity contribution < 1.29 is 4.79 Å². The van der Waals surface area contributed by atoms with Crippen LogP contribution >= 0.6 is 0 Å². The molecule has 11 rings (SSSR count). The second kappa shape index (κ2) is 15.1. The molecule has 1 fully saturated rings. The maximum absolute atomic E-state index is 14.7. The number of carbonyl (C=O) groups is 1. The van der Waals surface area contributed by atoms with Crippen molar-refractivity contribution in [1.82, 2.24) is 4.90 Å². The van der Waals surface area contributed by atoms with Crippen LogP contribution in [0.25, 0.3) is 55.6 Å². The Balaban J connectivity index is 1.32. The van der Waals surface area contributed by atoms with Crippen LogP contribution in [0.2, 0.25) is 0 Å². The van der Waals surface area contributed by atoms with E-state index < -0.39 is 11.0 Å². The molecule has 0 saturated carbocycles. The van der Waals surface area contributed by atoms with Gasteiger partial charge in [-0.15, -0.1) is 0 Å². The number of Topliss-reactive ketones (excluding diaryl/α,β-unsaturated/α-hetero) is 1. The van der Waals surface area contributed by atoms with E-state index in [0.717, 1.165) is 25.8 Å². The summed E-state index contributed by atoms with van der Waals surface area (Å²) >= 11 is 0. The van der Waals surface area contributed by atoms with E-state index in [1.807, 2.05) is 6.92 Å². The van der Waals surface area contributed by atoms with Gasteiger partial charge in [-0.2, -0.15) is 0 Å². The van der Waals surface area contributed by atoms with E-state index >= 15 is 0 Å². The van der Waals surface area contributed by atoms with E-state index in [4.69, 9.17) is 0 Å². The summed E-state index contributed by atoms with van der Waals surface area (Å²) < 4.78 is 0. The molecule has 302 valence electrons. The topological polar surface area (TPSA) is 20.3 Å². The van der Waals surface area contributed by atoms with Crippen LogP contribution in [-0.4, -0.2) is 23.3 Å². The highest BCUT2D eigenvalue weighted by atomic mass is 16.1. The van der Waals surface area contributed by atoms with Crippen LogP contribution in [0.1, 0.15) is 53.6 Å². The molecule has 2 aliphatic heterocycles. The van der Waals surface area contributed by atoms with Gasteiger partial charge in [0.2, 0.25) is 0 Å². The van der Waals surface area contributed by atoms with Crippen molar-refractivity contribution in [2.24, 2.45) is 5.92 Å². The van der Waals surface area contributed by atoms with Gasteiger partial charge >= 0.3 is 0 Å². The molecule has 3 aliphatic rings. The Labute approximate surface area is 366 Å². The Morgan fingerprint density at radius 3 is 1.44 bits per heavy atom. The molecule has 0 bridgehead atoms. The smallest absolute Gasteiger partial charge is 0.147 e. The molecule has 0 aromatic heterocycles. The standard InChI is InChI=1S/C60H51NO/c1-40-28-30-43(31-29-40)32-34-59-55-27-17-16-26-48(55)33-35-61(59)58(42(3)62)41(2)60(59)56-38-51(46-22-12-6-13-23-46)49(44-18-8-4-9-19-44)36-53(56)54-37-50(45-20-10-5-11-21-45)52(39-57(54)60)47-24-14-7-15-25-47/h4-31,36-39,41,58H,32-35H2,1-3H3/t41-,58?,59-/m1/s1. The van der Waals surface area contributed by atoms with Crippen LogP contribution in [0.5, 0.6) is 0 Å². The lowest BCUT2D eigenvalue weighted by molar-refractivity contribution is -0.123. The molecule has 2 heterocycles. The van der Waals surface area contributed by atoms with E-state index in [-0.39, 0.29) is 17.7 Å². The van der Waals surface area contributed by atoms with Crippen LogP contribution in [0, 0.1) is 12.8 Å². The summed E-state index contributed by atoms with van der Waals surface area (Å²) in [5.41, 5.74) is 19.1. The van der Waals surface area contributed by atoms with Gasteiger partial charge < -0.3 is 0 Å². The molecule has 8 aromatic carbocycles. The molecule has 2 heteroatoms. The molecule has 1 spiro atoms. The summed E-state index contributed by atoms with van der Waals surface area (Å²) in [7, 11) is 0. The number of nitrogens with zero attached hydrogens (tertiary/aromatic N) is 1. The van der Waals surface area contributed by atoms with E-state index in [1.54, 1.807) is 0 Å². The van der Waals surface area contributed by atoms with Crippen molar-refractivity contribution in [3.63, 3.8) is 0 Å². The zero-order valence-corrected chi connectivity index (χ0v) is 35.8. The first kappa shape index (κ1) is 38.3. The minimum Gasteiger partial charge on any atom is -0.298 e. The second-order valence-corrected chi connectivity index (χ2v) is 17.9. The molecule has 3 atom stereocenters. The molecule has 1 saturated heterocycles. The molecule has 0 N–H and O–H groups in total. The summed E-state index contributed by atoms with van der Waals surface area (Å²) in [6, 6.07) is 72.0. The minimum atomic E-state index is -0.604. The molecule has 0 amide bonds. The van der Waals surface area contributed by atoms with E-state index in [9.17, 15) is 4.79 Å². The predicted octanol–water partition coefficient (Wildman–Crippen LogP) is 13.9. The number of hydrogen-bond acceptors (Lipinski definition) is 2. The number of fused-ring (bicyclic) bond motifs is 9. The van der Waals surface area contributed by atoms with Crippen molar-refractivity contribution in [3.05, 3.63) is 228 Å². The zero-order chi connectivity index (χ0) is 42.0. The summed E-state index contributed by atoms with van der Waals surface area (Å²) in [6.07, 6.45) is 2.66. The van der Waals surface area contributed by atoms with Gasteiger partial charge in [0.1, 0.15) is 5.78 Å². The van der Waals surface area contributed by atoms with Crippen molar-refractivity contribution >= 4 is 5.78 Å². The van der Waals surface area contributed by atoms with Gasteiger partial charge in [-0.05, 0) is 147 Å².